The number of carbonyl (C=O) groups excluding carboxylic acids is 1. The van der Waals surface area contributed by atoms with Crippen LogP contribution in [0.15, 0.2) is 23.0 Å². The van der Waals surface area contributed by atoms with Crippen LogP contribution in [0.2, 0.25) is 0 Å². The zero-order valence-electron chi connectivity index (χ0n) is 13.6. The van der Waals surface area contributed by atoms with E-state index in [9.17, 15) is 9.59 Å². The lowest BCUT2D eigenvalue weighted by atomic mass is 10.1. The first-order valence-electron chi connectivity index (χ1n) is 8.12. The molecular formula is C18H22N2O2S. The van der Waals surface area contributed by atoms with Crippen molar-refractivity contribution in [3.05, 3.63) is 44.7 Å². The van der Waals surface area contributed by atoms with Crippen molar-refractivity contribution in [1.29, 1.82) is 0 Å². The van der Waals surface area contributed by atoms with Crippen molar-refractivity contribution >= 4 is 17.1 Å². The average molecular weight is 330 g/mol. The number of carbonyl (C=O) groups is 1. The van der Waals surface area contributed by atoms with Crippen molar-refractivity contribution in [3.63, 3.8) is 0 Å². The summed E-state index contributed by atoms with van der Waals surface area (Å²) in [7, 11) is 0. The van der Waals surface area contributed by atoms with Crippen molar-refractivity contribution in [3.8, 4) is 10.4 Å². The summed E-state index contributed by atoms with van der Waals surface area (Å²) in [4.78, 5) is 31.0. The fourth-order valence-electron chi connectivity index (χ4n) is 2.97. The normalized spacial score (nSPS) is 16.0. The standard InChI is InChI=1S/C18H22N2O2S/c1-3-13-10-16(12(2)19-18(13)22)17-5-4-15(23-17)11-20-8-6-14(21)7-9-20/h4-5,10H,3,6-9,11H2,1-2H3,(H,19,22). The maximum Gasteiger partial charge on any atom is 0.251 e. The van der Waals surface area contributed by atoms with Crippen LogP contribution in [0.25, 0.3) is 10.4 Å². The van der Waals surface area contributed by atoms with Crippen molar-refractivity contribution in [2.75, 3.05) is 13.1 Å². The Morgan fingerprint density at radius 1 is 1.22 bits per heavy atom. The molecule has 1 N–H and O–H groups in total. The van der Waals surface area contributed by atoms with Crippen LogP contribution in [0.4, 0.5) is 0 Å². The van der Waals surface area contributed by atoms with E-state index in [4.69, 9.17) is 0 Å². The number of H-pyrrole nitrogens is 1. The minimum Gasteiger partial charge on any atom is -0.326 e. The van der Waals surface area contributed by atoms with E-state index >= 15 is 0 Å². The van der Waals surface area contributed by atoms with Gasteiger partial charge in [0.2, 0.25) is 0 Å². The van der Waals surface area contributed by atoms with Crippen LogP contribution in [-0.2, 0) is 17.8 Å². The van der Waals surface area contributed by atoms with Crippen molar-refractivity contribution in [1.82, 2.24) is 9.88 Å². The van der Waals surface area contributed by atoms with Gasteiger partial charge in [-0.25, -0.2) is 0 Å². The van der Waals surface area contributed by atoms with Crippen LogP contribution in [0.5, 0.6) is 0 Å². The molecular weight excluding hydrogens is 308 g/mol. The number of aromatic amines is 1. The number of nitrogens with one attached hydrogen (secondary N) is 1. The number of likely N-dealkylation sites (tertiary alicyclic amines) is 1. The lowest BCUT2D eigenvalue weighted by molar-refractivity contribution is -0.121. The summed E-state index contributed by atoms with van der Waals surface area (Å²) < 4.78 is 0. The number of aryl methyl sites for hydroxylation is 2. The Morgan fingerprint density at radius 3 is 2.65 bits per heavy atom. The number of aromatic nitrogens is 1. The second-order valence-electron chi connectivity index (χ2n) is 6.10. The van der Waals surface area contributed by atoms with Gasteiger partial charge in [-0.2, -0.15) is 0 Å². The lowest BCUT2D eigenvalue weighted by Gasteiger charge is -2.24. The fourth-order valence-corrected chi connectivity index (χ4v) is 4.10. The second kappa shape index (κ2) is 6.81. The summed E-state index contributed by atoms with van der Waals surface area (Å²) in [5.74, 6) is 0.379. The average Bonchev–Trinajstić information content (AvgIpc) is 2.98. The molecule has 1 aliphatic heterocycles. The number of Topliss-reactive ketones (excluding diaryl/α,β-unsaturated/α-hetero) is 1. The van der Waals surface area contributed by atoms with Crippen molar-refractivity contribution in [2.24, 2.45) is 0 Å². The van der Waals surface area contributed by atoms with E-state index in [1.54, 1.807) is 11.3 Å². The minimum atomic E-state index is 0.0171. The third-order valence-corrected chi connectivity index (χ3v) is 5.52. The number of ketones is 1. The zero-order valence-corrected chi connectivity index (χ0v) is 14.5. The quantitative estimate of drug-likeness (QED) is 0.937. The van der Waals surface area contributed by atoms with E-state index in [-0.39, 0.29) is 5.56 Å². The monoisotopic (exact) mass is 330 g/mol. The highest BCUT2D eigenvalue weighted by molar-refractivity contribution is 7.15. The molecule has 122 valence electrons. The molecule has 2 aromatic rings. The molecule has 0 amide bonds. The molecule has 2 aromatic heterocycles. The molecule has 0 atom stereocenters. The summed E-state index contributed by atoms with van der Waals surface area (Å²) in [6, 6.07) is 6.31. The van der Waals surface area contributed by atoms with Gasteiger partial charge < -0.3 is 4.98 Å². The van der Waals surface area contributed by atoms with Crippen molar-refractivity contribution < 1.29 is 4.79 Å². The molecule has 0 aliphatic carbocycles. The van der Waals surface area contributed by atoms with E-state index in [0.717, 1.165) is 42.9 Å². The summed E-state index contributed by atoms with van der Waals surface area (Å²) in [5.41, 5.74) is 2.88. The Hall–Kier alpha value is -1.72. The van der Waals surface area contributed by atoms with Crippen LogP contribution in [-0.4, -0.2) is 28.8 Å². The van der Waals surface area contributed by atoms with E-state index in [1.807, 2.05) is 19.9 Å². The number of thiophene rings is 1. The van der Waals surface area contributed by atoms with Gasteiger partial charge in [0.25, 0.3) is 5.56 Å². The van der Waals surface area contributed by atoms with E-state index < -0.39 is 0 Å². The number of nitrogens with zero attached hydrogens (tertiary/aromatic N) is 1. The maximum absolute atomic E-state index is 11.9. The molecule has 0 unspecified atom stereocenters. The van der Waals surface area contributed by atoms with Gasteiger partial charge in [0.15, 0.2) is 0 Å². The molecule has 1 fully saturated rings. The molecule has 5 heteroatoms. The number of pyridine rings is 1. The van der Waals surface area contributed by atoms with E-state index in [1.165, 1.54) is 9.75 Å². The van der Waals surface area contributed by atoms with Crippen LogP contribution in [0.1, 0.15) is 35.9 Å². The molecule has 23 heavy (non-hydrogen) atoms. The lowest BCUT2D eigenvalue weighted by Crippen LogP contribution is -2.32. The first-order valence-corrected chi connectivity index (χ1v) is 8.94. The molecule has 4 nitrogen and oxygen atoms in total. The molecule has 0 radical (unpaired) electrons. The highest BCUT2D eigenvalue weighted by Gasteiger charge is 2.17. The Labute approximate surface area is 140 Å². The van der Waals surface area contributed by atoms with E-state index in [2.05, 4.69) is 22.0 Å². The molecule has 0 spiro atoms. The summed E-state index contributed by atoms with van der Waals surface area (Å²) in [6.45, 7) is 6.58. The molecule has 1 aliphatic rings. The van der Waals surface area contributed by atoms with E-state index in [0.29, 0.717) is 18.6 Å². The van der Waals surface area contributed by atoms with Gasteiger partial charge in [-0.3, -0.25) is 14.5 Å². The first-order chi connectivity index (χ1) is 11.1. The topological polar surface area (TPSA) is 53.2 Å². The molecule has 0 bridgehead atoms. The molecule has 0 aromatic carbocycles. The van der Waals surface area contributed by atoms with Gasteiger partial charge in [-0.1, -0.05) is 6.92 Å². The first kappa shape index (κ1) is 16.1. The van der Waals surface area contributed by atoms with Gasteiger partial charge in [0.1, 0.15) is 5.78 Å². The second-order valence-corrected chi connectivity index (χ2v) is 7.27. The SMILES string of the molecule is CCc1cc(-c2ccc(CN3CCC(=O)CC3)s2)c(C)[nH]c1=O. The summed E-state index contributed by atoms with van der Waals surface area (Å²) in [5, 5.41) is 0. The molecule has 1 saturated heterocycles. The number of rotatable bonds is 4. The van der Waals surface area contributed by atoms with Gasteiger partial charge >= 0.3 is 0 Å². The zero-order chi connectivity index (χ0) is 16.4. The third-order valence-electron chi connectivity index (χ3n) is 4.42. The van der Waals surface area contributed by atoms with Gasteiger partial charge in [0, 0.05) is 59.1 Å². The Morgan fingerprint density at radius 2 is 1.96 bits per heavy atom. The summed E-state index contributed by atoms with van der Waals surface area (Å²) in [6.07, 6.45) is 2.09. The van der Waals surface area contributed by atoms with Crippen LogP contribution >= 0.6 is 11.3 Å². The predicted octanol–water partition coefficient (Wildman–Crippen LogP) is 3.14. The molecule has 3 rings (SSSR count). The predicted molar refractivity (Wildman–Crippen MR) is 94.0 cm³/mol. The molecule has 3 heterocycles. The third kappa shape index (κ3) is 3.62. The largest absolute Gasteiger partial charge is 0.326 e. The highest BCUT2D eigenvalue weighted by atomic mass is 32.1. The number of hydrogen-bond acceptors (Lipinski definition) is 4. The fraction of sp³-hybridized carbons (Fsp3) is 0.444. The van der Waals surface area contributed by atoms with Crippen LogP contribution in [0.3, 0.4) is 0 Å². The summed E-state index contributed by atoms with van der Waals surface area (Å²) >= 11 is 1.77. The Balaban J connectivity index is 1.79. The Kier molecular flexibility index (Phi) is 4.78. The smallest absolute Gasteiger partial charge is 0.251 e. The number of piperidine rings is 1. The number of hydrogen-bond donors (Lipinski definition) is 1. The van der Waals surface area contributed by atoms with Crippen LogP contribution < -0.4 is 5.56 Å². The highest BCUT2D eigenvalue weighted by Crippen LogP contribution is 2.31. The van der Waals surface area contributed by atoms with Gasteiger partial charge in [0.05, 0.1) is 0 Å². The van der Waals surface area contributed by atoms with Gasteiger partial charge in [-0.15, -0.1) is 11.3 Å². The van der Waals surface area contributed by atoms with Crippen LogP contribution in [0, 0.1) is 6.92 Å². The van der Waals surface area contributed by atoms with Gasteiger partial charge in [-0.05, 0) is 31.5 Å². The van der Waals surface area contributed by atoms with Crippen molar-refractivity contribution in [2.45, 2.75) is 39.7 Å². The minimum absolute atomic E-state index is 0.0171. The Bertz CT molecular complexity index is 766. The molecule has 0 saturated carbocycles. The maximum atomic E-state index is 11.9.